The van der Waals surface area contributed by atoms with Crippen LogP contribution in [0, 0.1) is 13.8 Å². The molecule has 0 saturated carbocycles. The minimum atomic E-state index is -1.10. The van der Waals surface area contributed by atoms with Gasteiger partial charge in [-0.25, -0.2) is 9.78 Å². The van der Waals surface area contributed by atoms with Gasteiger partial charge in [-0.05, 0) is 66.9 Å². The molecule has 0 spiro atoms. The summed E-state index contributed by atoms with van der Waals surface area (Å²) in [6.45, 7) is 3.96. The number of ether oxygens (including phenoxy) is 2. The van der Waals surface area contributed by atoms with Crippen LogP contribution in [0.5, 0.6) is 5.75 Å². The van der Waals surface area contributed by atoms with E-state index in [0.29, 0.717) is 29.2 Å². The predicted molar refractivity (Wildman–Crippen MR) is 161 cm³/mol. The number of amides is 1. The Bertz CT molecular complexity index is 1750. The molecule has 1 saturated heterocycles. The molecule has 1 N–H and O–H groups in total. The number of benzene rings is 3. The largest absolute Gasteiger partial charge is 0.507 e. The lowest BCUT2D eigenvalue weighted by molar-refractivity contribution is -0.132. The molecule has 1 amide bonds. The zero-order chi connectivity index (χ0) is 30.1. The molecule has 0 aliphatic carbocycles. The number of esters is 1. The number of Topliss-reactive ketones (excluding diaryl/α,β-unsaturated/α-hetero) is 1. The number of nitrogens with zero attached hydrogens (tertiary/aromatic N) is 2. The van der Waals surface area contributed by atoms with E-state index < -0.39 is 23.7 Å². The van der Waals surface area contributed by atoms with Crippen LogP contribution in [-0.4, -0.2) is 34.9 Å². The summed E-state index contributed by atoms with van der Waals surface area (Å²) in [7, 11) is 1.24. The first-order valence-corrected chi connectivity index (χ1v) is 14.3. The van der Waals surface area contributed by atoms with E-state index in [-0.39, 0.29) is 31.4 Å². The van der Waals surface area contributed by atoms with Crippen LogP contribution in [0.2, 0.25) is 10.0 Å². The zero-order valence-electron chi connectivity index (χ0n) is 22.7. The van der Waals surface area contributed by atoms with Crippen molar-refractivity contribution in [2.75, 3.05) is 12.0 Å². The molecule has 1 atom stereocenters. The summed E-state index contributed by atoms with van der Waals surface area (Å²) in [4.78, 5) is 44.9. The number of aliphatic hydroxyl groups is 1. The van der Waals surface area contributed by atoms with Gasteiger partial charge < -0.3 is 14.6 Å². The highest BCUT2D eigenvalue weighted by molar-refractivity contribution is 7.17. The lowest BCUT2D eigenvalue weighted by atomic mass is 9.95. The lowest BCUT2D eigenvalue weighted by Gasteiger charge is -2.23. The van der Waals surface area contributed by atoms with Gasteiger partial charge in [-0.1, -0.05) is 64.9 Å². The van der Waals surface area contributed by atoms with Crippen molar-refractivity contribution in [1.29, 1.82) is 0 Å². The van der Waals surface area contributed by atoms with Crippen LogP contribution < -0.4 is 9.64 Å². The molecule has 0 radical (unpaired) electrons. The molecule has 1 fully saturated rings. The highest BCUT2D eigenvalue weighted by Crippen LogP contribution is 2.45. The van der Waals surface area contributed by atoms with Gasteiger partial charge in [0.2, 0.25) is 0 Å². The number of carbonyl (C=O) groups is 3. The molecule has 1 unspecified atom stereocenters. The second-order valence-corrected chi connectivity index (χ2v) is 11.3. The molecule has 8 nitrogen and oxygen atoms in total. The first-order valence-electron chi connectivity index (χ1n) is 12.7. The molecule has 1 aliphatic heterocycles. The third-order valence-electron chi connectivity index (χ3n) is 6.85. The molecular weight excluding hydrogens is 599 g/mol. The summed E-state index contributed by atoms with van der Waals surface area (Å²) in [6, 6.07) is 18.0. The number of aliphatic hydroxyl groups excluding tert-OH is 1. The highest BCUT2D eigenvalue weighted by atomic mass is 35.5. The molecule has 4 aromatic rings. The second kappa shape index (κ2) is 12.0. The van der Waals surface area contributed by atoms with Crippen molar-refractivity contribution in [2.45, 2.75) is 26.5 Å². The van der Waals surface area contributed by atoms with Crippen molar-refractivity contribution in [2.24, 2.45) is 0 Å². The fraction of sp³-hybridized carbons (Fsp3) is 0.161. The fourth-order valence-corrected chi connectivity index (χ4v) is 5.91. The minimum absolute atomic E-state index is 0.0880. The van der Waals surface area contributed by atoms with E-state index in [1.807, 2.05) is 31.2 Å². The number of aryl methyl sites for hydroxylation is 2. The monoisotopic (exact) mass is 622 g/mol. The Morgan fingerprint density at radius 3 is 2.40 bits per heavy atom. The van der Waals surface area contributed by atoms with Gasteiger partial charge in [0.15, 0.2) is 5.13 Å². The van der Waals surface area contributed by atoms with Crippen molar-refractivity contribution in [3.8, 4) is 5.75 Å². The van der Waals surface area contributed by atoms with Crippen LogP contribution >= 0.6 is 34.5 Å². The van der Waals surface area contributed by atoms with Crippen LogP contribution in [0.4, 0.5) is 5.13 Å². The molecular formula is C31H24Cl2N2O6S. The quantitative estimate of drug-likeness (QED) is 0.102. The van der Waals surface area contributed by atoms with Gasteiger partial charge in [-0.3, -0.25) is 14.5 Å². The molecule has 214 valence electrons. The number of hydrogen-bond acceptors (Lipinski definition) is 8. The standard InChI is InChI=1S/C31H24Cl2N2O6S/c1-16-6-4-5-7-20(16)15-41-21-11-8-18(9-12-21)26(36)24-25(19-10-13-22(32)23(33)14-19)35(29(38)27(24)37)31-34-17(2)28(42-31)30(39)40-3/h4-14,25,36H,15H2,1-3H3. The third-order valence-corrected chi connectivity index (χ3v) is 8.73. The van der Waals surface area contributed by atoms with Crippen molar-refractivity contribution in [3.63, 3.8) is 0 Å². The second-order valence-electron chi connectivity index (χ2n) is 9.48. The van der Waals surface area contributed by atoms with Crippen LogP contribution in [0.1, 0.15) is 43.7 Å². The number of thiazole rings is 1. The molecule has 42 heavy (non-hydrogen) atoms. The van der Waals surface area contributed by atoms with E-state index in [0.717, 1.165) is 27.4 Å². The number of hydrogen-bond donors (Lipinski definition) is 1. The van der Waals surface area contributed by atoms with Crippen molar-refractivity contribution in [1.82, 2.24) is 4.98 Å². The van der Waals surface area contributed by atoms with Crippen LogP contribution in [0.25, 0.3) is 5.76 Å². The first-order chi connectivity index (χ1) is 20.1. The van der Waals surface area contributed by atoms with E-state index in [1.54, 1.807) is 37.3 Å². The van der Waals surface area contributed by atoms with Gasteiger partial charge in [0.05, 0.1) is 34.5 Å². The summed E-state index contributed by atoms with van der Waals surface area (Å²) in [5.41, 5.74) is 3.02. The summed E-state index contributed by atoms with van der Waals surface area (Å²) in [5, 5.41) is 12.0. The Kier molecular flexibility index (Phi) is 8.36. The Hall–Kier alpha value is -4.18. The number of anilines is 1. The maximum atomic E-state index is 13.5. The number of methoxy groups -OCH3 is 1. The van der Waals surface area contributed by atoms with Gasteiger partial charge >= 0.3 is 11.9 Å². The molecule has 0 bridgehead atoms. The average Bonchev–Trinajstić information content (AvgIpc) is 3.49. The Morgan fingerprint density at radius 1 is 1.02 bits per heavy atom. The van der Waals surface area contributed by atoms with Gasteiger partial charge in [0.1, 0.15) is 23.0 Å². The Morgan fingerprint density at radius 2 is 1.74 bits per heavy atom. The fourth-order valence-electron chi connectivity index (χ4n) is 4.59. The number of rotatable bonds is 7. The molecule has 1 aliphatic rings. The van der Waals surface area contributed by atoms with Crippen LogP contribution in [0.15, 0.2) is 72.3 Å². The Labute approximate surface area is 255 Å². The summed E-state index contributed by atoms with van der Waals surface area (Å²) >= 11 is 13.4. The first kappa shape index (κ1) is 29.3. The number of ketones is 1. The minimum Gasteiger partial charge on any atom is -0.507 e. The van der Waals surface area contributed by atoms with Crippen molar-refractivity contribution >= 4 is 63.1 Å². The normalized spacial score (nSPS) is 16.1. The molecule has 1 aromatic heterocycles. The number of carbonyl (C=O) groups excluding carboxylic acids is 3. The smallest absolute Gasteiger partial charge is 0.350 e. The summed E-state index contributed by atoms with van der Waals surface area (Å²) in [5.74, 6) is -2.29. The maximum Gasteiger partial charge on any atom is 0.350 e. The van der Waals surface area contributed by atoms with E-state index in [4.69, 9.17) is 32.7 Å². The van der Waals surface area contributed by atoms with Gasteiger partial charge in [0.25, 0.3) is 5.78 Å². The number of aromatic nitrogens is 1. The van der Waals surface area contributed by atoms with Crippen LogP contribution in [0.3, 0.4) is 0 Å². The van der Waals surface area contributed by atoms with E-state index in [9.17, 15) is 19.5 Å². The van der Waals surface area contributed by atoms with Crippen molar-refractivity contribution in [3.05, 3.63) is 115 Å². The summed E-state index contributed by atoms with van der Waals surface area (Å²) in [6.07, 6.45) is 0. The van der Waals surface area contributed by atoms with E-state index in [2.05, 4.69) is 4.98 Å². The summed E-state index contributed by atoms with van der Waals surface area (Å²) < 4.78 is 10.7. The van der Waals surface area contributed by atoms with Gasteiger partial charge in [-0.2, -0.15) is 0 Å². The molecule has 2 heterocycles. The predicted octanol–water partition coefficient (Wildman–Crippen LogP) is 7.06. The van der Waals surface area contributed by atoms with E-state index in [1.165, 1.54) is 19.2 Å². The SMILES string of the molecule is COC(=O)c1sc(N2C(=O)C(=O)C(=C(O)c3ccc(OCc4ccccc4C)cc3)C2c2ccc(Cl)c(Cl)c2)nc1C. The van der Waals surface area contributed by atoms with Gasteiger partial charge in [-0.15, -0.1) is 0 Å². The topological polar surface area (TPSA) is 106 Å². The third kappa shape index (κ3) is 5.51. The van der Waals surface area contributed by atoms with Crippen LogP contribution in [-0.2, 0) is 20.9 Å². The molecule has 5 rings (SSSR count). The molecule has 3 aromatic carbocycles. The average molecular weight is 624 g/mol. The highest BCUT2D eigenvalue weighted by Gasteiger charge is 2.48. The molecule has 11 heteroatoms. The van der Waals surface area contributed by atoms with Gasteiger partial charge in [0, 0.05) is 5.56 Å². The van der Waals surface area contributed by atoms with Crippen molar-refractivity contribution < 1.29 is 29.0 Å². The number of halogens is 2. The lowest BCUT2D eigenvalue weighted by Crippen LogP contribution is -2.29. The van der Waals surface area contributed by atoms with E-state index >= 15 is 0 Å². The maximum absolute atomic E-state index is 13.5. The Balaban J connectivity index is 1.55. The zero-order valence-corrected chi connectivity index (χ0v) is 25.0.